The van der Waals surface area contributed by atoms with E-state index in [-0.39, 0.29) is 26.5 Å². The molecule has 2 aromatic rings. The maximum Gasteiger partial charge on any atom is 0.263 e. The number of rotatable bonds is 4. The Balaban J connectivity index is 2.30. The molecule has 2 rings (SSSR count). The van der Waals surface area contributed by atoms with Crippen molar-refractivity contribution in [1.82, 2.24) is 5.32 Å². The Bertz CT molecular complexity index is 906. The van der Waals surface area contributed by atoms with Crippen molar-refractivity contribution in [3.8, 4) is 0 Å². The van der Waals surface area contributed by atoms with E-state index in [2.05, 4.69) is 10.0 Å². The fraction of sp³-hybridized carbons (Fsp3) is 0.235. The van der Waals surface area contributed by atoms with Gasteiger partial charge >= 0.3 is 0 Å². The highest BCUT2D eigenvalue weighted by Crippen LogP contribution is 2.27. The zero-order valence-electron chi connectivity index (χ0n) is 13.9. The molecule has 0 radical (unpaired) electrons. The molecule has 1 amide bonds. The van der Waals surface area contributed by atoms with Crippen LogP contribution in [0.1, 0.15) is 31.1 Å². The molecule has 0 saturated carbocycles. The molecule has 0 aromatic heterocycles. The smallest absolute Gasteiger partial charge is 0.263 e. The lowest BCUT2D eigenvalue weighted by Crippen LogP contribution is -2.40. The highest BCUT2D eigenvalue weighted by Gasteiger charge is 2.20. The lowest BCUT2D eigenvalue weighted by molar-refractivity contribution is 0.0919. The Labute approximate surface area is 157 Å². The fourth-order valence-electron chi connectivity index (χ4n) is 2.03. The van der Waals surface area contributed by atoms with E-state index in [0.717, 1.165) is 0 Å². The van der Waals surface area contributed by atoms with Gasteiger partial charge in [0.05, 0.1) is 5.02 Å². The number of carbonyl (C=O) groups excluding carboxylic acids is 1. The van der Waals surface area contributed by atoms with Crippen LogP contribution < -0.4 is 10.0 Å². The second kappa shape index (κ2) is 7.23. The minimum atomic E-state index is -3.94. The van der Waals surface area contributed by atoms with Gasteiger partial charge in [0.15, 0.2) is 0 Å². The molecule has 134 valence electrons. The lowest BCUT2D eigenvalue weighted by Gasteiger charge is -2.20. The Hall–Kier alpha value is -1.76. The summed E-state index contributed by atoms with van der Waals surface area (Å²) in [5.74, 6) is -0.297. The molecule has 0 bridgehead atoms. The number of benzene rings is 2. The number of amides is 1. The van der Waals surface area contributed by atoms with Gasteiger partial charge in [-0.25, -0.2) is 8.42 Å². The number of hydrogen-bond donors (Lipinski definition) is 2. The minimum absolute atomic E-state index is 0.0542. The van der Waals surface area contributed by atoms with Crippen LogP contribution in [0, 0.1) is 0 Å². The minimum Gasteiger partial charge on any atom is -0.347 e. The van der Waals surface area contributed by atoms with Crippen LogP contribution in [0.3, 0.4) is 0 Å². The van der Waals surface area contributed by atoms with Crippen molar-refractivity contribution < 1.29 is 13.2 Å². The van der Waals surface area contributed by atoms with Crippen LogP contribution in [0.2, 0.25) is 10.0 Å². The molecule has 0 atom stereocenters. The quantitative estimate of drug-likeness (QED) is 0.801. The normalized spacial score (nSPS) is 11.9. The fourth-order valence-corrected chi connectivity index (χ4v) is 3.84. The maximum absolute atomic E-state index is 12.5. The summed E-state index contributed by atoms with van der Waals surface area (Å²) >= 11 is 11.8. The molecule has 8 heteroatoms. The van der Waals surface area contributed by atoms with Crippen LogP contribution in [0.4, 0.5) is 5.69 Å². The van der Waals surface area contributed by atoms with E-state index in [9.17, 15) is 13.2 Å². The summed E-state index contributed by atoms with van der Waals surface area (Å²) in [4.78, 5) is 12.1. The van der Waals surface area contributed by atoms with Crippen molar-refractivity contribution in [2.24, 2.45) is 0 Å². The van der Waals surface area contributed by atoms with E-state index in [1.54, 1.807) is 18.2 Å². The highest BCUT2D eigenvalue weighted by atomic mass is 35.5. The topological polar surface area (TPSA) is 75.3 Å². The van der Waals surface area contributed by atoms with E-state index in [4.69, 9.17) is 23.2 Å². The van der Waals surface area contributed by atoms with Gasteiger partial charge in [0.1, 0.15) is 4.90 Å². The number of anilines is 1. The highest BCUT2D eigenvalue weighted by molar-refractivity contribution is 7.92. The second-order valence-electron chi connectivity index (χ2n) is 6.47. The van der Waals surface area contributed by atoms with E-state index < -0.39 is 15.6 Å². The van der Waals surface area contributed by atoms with Gasteiger partial charge in [0, 0.05) is 21.8 Å². The van der Waals surface area contributed by atoms with Gasteiger partial charge < -0.3 is 5.32 Å². The van der Waals surface area contributed by atoms with Crippen molar-refractivity contribution in [2.45, 2.75) is 31.2 Å². The molecule has 0 fully saturated rings. The lowest BCUT2D eigenvalue weighted by atomic mass is 10.1. The van der Waals surface area contributed by atoms with Crippen molar-refractivity contribution in [2.75, 3.05) is 4.72 Å². The molecule has 0 unspecified atom stereocenters. The Kier molecular flexibility index (Phi) is 5.66. The molecule has 0 aliphatic carbocycles. The van der Waals surface area contributed by atoms with Crippen LogP contribution in [0.15, 0.2) is 47.4 Å². The Morgan fingerprint density at radius 3 is 2.36 bits per heavy atom. The first-order chi connectivity index (χ1) is 11.5. The predicted octanol–water partition coefficient (Wildman–Crippen LogP) is 4.32. The van der Waals surface area contributed by atoms with Gasteiger partial charge in [-0.2, -0.15) is 0 Å². The van der Waals surface area contributed by atoms with Crippen LogP contribution in [-0.2, 0) is 10.0 Å². The third kappa shape index (κ3) is 5.36. The molecule has 2 aromatic carbocycles. The van der Waals surface area contributed by atoms with Crippen molar-refractivity contribution in [3.63, 3.8) is 0 Å². The zero-order valence-corrected chi connectivity index (χ0v) is 16.3. The summed E-state index contributed by atoms with van der Waals surface area (Å²) in [5, 5.41) is 3.13. The van der Waals surface area contributed by atoms with Crippen LogP contribution in [-0.4, -0.2) is 19.9 Å². The molecule has 5 nitrogen and oxygen atoms in total. The zero-order chi connectivity index (χ0) is 18.8. The molecule has 0 heterocycles. The van der Waals surface area contributed by atoms with Crippen LogP contribution in [0.25, 0.3) is 0 Å². The molecular formula is C17H18Cl2N2O3S. The van der Waals surface area contributed by atoms with E-state index >= 15 is 0 Å². The second-order valence-corrected chi connectivity index (χ2v) is 8.96. The summed E-state index contributed by atoms with van der Waals surface area (Å²) in [6.45, 7) is 5.58. The van der Waals surface area contributed by atoms with Crippen LogP contribution in [0.5, 0.6) is 0 Å². The van der Waals surface area contributed by atoms with Gasteiger partial charge in [0.2, 0.25) is 0 Å². The third-order valence-corrected chi connectivity index (χ3v) is 5.15. The van der Waals surface area contributed by atoms with Crippen LogP contribution >= 0.6 is 23.2 Å². The first-order valence-electron chi connectivity index (χ1n) is 7.38. The maximum atomic E-state index is 12.5. The van der Waals surface area contributed by atoms with Crippen molar-refractivity contribution >= 4 is 44.8 Å². The Morgan fingerprint density at radius 2 is 1.72 bits per heavy atom. The molecule has 0 saturated heterocycles. The average molecular weight is 401 g/mol. The summed E-state index contributed by atoms with van der Waals surface area (Å²) in [6.07, 6.45) is 0. The number of nitrogens with one attached hydrogen (secondary N) is 2. The third-order valence-electron chi connectivity index (χ3n) is 3.05. The molecular weight excluding hydrogens is 383 g/mol. The summed E-state index contributed by atoms with van der Waals surface area (Å²) in [7, 11) is -3.94. The first kappa shape index (κ1) is 19.6. The standard InChI is InChI=1S/C17H18Cl2N2O3S/c1-17(2,3)20-16(22)11-5-4-6-13(9-11)21-25(23,24)15-10-12(18)7-8-14(15)19/h4-10,21H,1-3H3,(H,20,22). The number of halogens is 2. The number of sulfonamides is 1. The van der Waals surface area contributed by atoms with E-state index in [1.165, 1.54) is 24.3 Å². The molecule has 25 heavy (non-hydrogen) atoms. The summed E-state index contributed by atoms with van der Waals surface area (Å²) < 4.78 is 27.5. The largest absolute Gasteiger partial charge is 0.347 e. The van der Waals surface area contributed by atoms with E-state index in [0.29, 0.717) is 5.56 Å². The average Bonchev–Trinajstić information content (AvgIpc) is 2.47. The molecule has 0 aliphatic rings. The van der Waals surface area contributed by atoms with Gasteiger partial charge in [-0.15, -0.1) is 0 Å². The first-order valence-corrected chi connectivity index (χ1v) is 9.62. The van der Waals surface area contributed by atoms with Gasteiger partial charge in [-0.05, 0) is 57.2 Å². The molecule has 0 spiro atoms. The number of carbonyl (C=O) groups is 1. The molecule has 2 N–H and O–H groups in total. The molecule has 0 aliphatic heterocycles. The van der Waals surface area contributed by atoms with Gasteiger partial charge in [-0.3, -0.25) is 9.52 Å². The summed E-state index contributed by atoms with van der Waals surface area (Å²) in [5.41, 5.74) is 0.186. The van der Waals surface area contributed by atoms with Crippen molar-refractivity contribution in [1.29, 1.82) is 0 Å². The Morgan fingerprint density at radius 1 is 1.04 bits per heavy atom. The SMILES string of the molecule is CC(C)(C)NC(=O)c1cccc(NS(=O)(=O)c2cc(Cl)ccc2Cl)c1. The van der Waals surface area contributed by atoms with E-state index in [1.807, 2.05) is 20.8 Å². The summed E-state index contributed by atoms with van der Waals surface area (Å²) in [6, 6.07) is 10.4. The van der Waals surface area contributed by atoms with Crippen molar-refractivity contribution in [3.05, 3.63) is 58.1 Å². The number of hydrogen-bond acceptors (Lipinski definition) is 3. The van der Waals surface area contributed by atoms with Gasteiger partial charge in [-0.1, -0.05) is 29.3 Å². The monoisotopic (exact) mass is 400 g/mol. The predicted molar refractivity (Wildman–Crippen MR) is 101 cm³/mol. The van der Waals surface area contributed by atoms with Gasteiger partial charge in [0.25, 0.3) is 15.9 Å².